The van der Waals surface area contributed by atoms with Gasteiger partial charge in [0.15, 0.2) is 0 Å². The van der Waals surface area contributed by atoms with Crippen LogP contribution < -0.4 is 0 Å². The van der Waals surface area contributed by atoms with Gasteiger partial charge in [-0.1, -0.05) is 20.3 Å². The predicted octanol–water partition coefficient (Wildman–Crippen LogP) is 1.41. The molecule has 0 amide bonds. The maximum absolute atomic E-state index is 8.82. The lowest BCUT2D eigenvalue weighted by Gasteiger charge is -2.09. The molecule has 0 saturated heterocycles. The van der Waals surface area contributed by atoms with Crippen molar-refractivity contribution in [2.45, 2.75) is 33.3 Å². The van der Waals surface area contributed by atoms with Crippen molar-refractivity contribution in [3.05, 3.63) is 0 Å². The fourth-order valence-corrected chi connectivity index (χ4v) is 0.341. The molecule has 0 spiro atoms. The third kappa shape index (κ3) is 2.63. The van der Waals surface area contributed by atoms with Crippen LogP contribution in [0.25, 0.3) is 0 Å². The first kappa shape index (κ1) is 6.96. The van der Waals surface area contributed by atoms with E-state index in [1.54, 1.807) is 0 Å². The highest BCUT2D eigenvalue weighted by atomic mass is 16.3. The van der Waals surface area contributed by atoms with Crippen LogP contribution in [0.5, 0.6) is 0 Å². The Kier molecular flexibility index (Phi) is 3.01. The Bertz CT molecular complexity index is 41.4. The van der Waals surface area contributed by atoms with Crippen LogP contribution in [0.3, 0.4) is 0 Å². The van der Waals surface area contributed by atoms with Crippen molar-refractivity contribution < 1.29 is 5.11 Å². The van der Waals surface area contributed by atoms with Crippen molar-refractivity contribution in [1.29, 1.82) is 0 Å². The smallest absolute Gasteiger partial charge is 0.0537 e. The molecule has 1 N–H and O–H groups in total. The van der Waals surface area contributed by atoms with E-state index in [1.165, 1.54) is 0 Å². The molecule has 0 rings (SSSR count). The van der Waals surface area contributed by atoms with Crippen LogP contribution in [-0.4, -0.2) is 11.2 Å². The molecule has 0 bridgehead atoms. The molecule has 0 aromatic carbocycles. The first-order valence-corrected chi connectivity index (χ1v) is 2.86. The molecule has 0 aliphatic heterocycles. The second kappa shape index (κ2) is 3.03. The maximum atomic E-state index is 8.82. The minimum Gasteiger partial charge on any atom is -0.393 e. The van der Waals surface area contributed by atoms with E-state index in [9.17, 15) is 0 Å². The van der Waals surface area contributed by atoms with Gasteiger partial charge in [-0.15, -0.1) is 0 Å². The summed E-state index contributed by atoms with van der Waals surface area (Å²) >= 11 is 0. The average Bonchev–Trinajstić information content (AvgIpc) is 1.65. The molecule has 44 valence electrons. The highest BCUT2D eigenvalue weighted by Gasteiger charge is 2.03. The lowest BCUT2D eigenvalue weighted by atomic mass is 10.0. The van der Waals surface area contributed by atoms with Crippen LogP contribution >= 0.6 is 0 Å². The van der Waals surface area contributed by atoms with E-state index in [1.807, 2.05) is 13.8 Å². The van der Waals surface area contributed by atoms with Gasteiger partial charge in [0.05, 0.1) is 6.10 Å². The second-order valence-electron chi connectivity index (χ2n) is 2.13. The normalized spacial score (nSPS) is 18.9. The van der Waals surface area contributed by atoms with Gasteiger partial charge in [-0.05, 0) is 12.8 Å². The summed E-state index contributed by atoms with van der Waals surface area (Å²) in [6.45, 7) is 5.95. The highest BCUT2D eigenvalue weighted by Crippen LogP contribution is 2.04. The third-order valence-corrected chi connectivity index (χ3v) is 1.47. The Balaban J connectivity index is 3.14. The molecule has 0 saturated carbocycles. The summed E-state index contributed by atoms with van der Waals surface area (Å²) < 4.78 is 0. The number of hydrogen-bond donors (Lipinski definition) is 1. The molecule has 0 radical (unpaired) electrons. The summed E-state index contributed by atoms with van der Waals surface area (Å²) in [7, 11) is 0. The predicted molar refractivity (Wildman–Crippen MR) is 31.1 cm³/mol. The number of hydrogen-bond acceptors (Lipinski definition) is 1. The van der Waals surface area contributed by atoms with Crippen LogP contribution in [0.2, 0.25) is 0 Å². The molecule has 0 aliphatic rings. The lowest BCUT2D eigenvalue weighted by Crippen LogP contribution is -2.10. The van der Waals surface area contributed by atoms with Crippen molar-refractivity contribution in [3.63, 3.8) is 0 Å². The Morgan fingerprint density at radius 2 is 1.86 bits per heavy atom. The van der Waals surface area contributed by atoms with Crippen molar-refractivity contribution in [3.8, 4) is 0 Å². The molecule has 0 aliphatic carbocycles. The van der Waals surface area contributed by atoms with Crippen LogP contribution in [-0.2, 0) is 0 Å². The zero-order valence-corrected chi connectivity index (χ0v) is 5.31. The van der Waals surface area contributed by atoms with E-state index in [4.69, 9.17) is 5.11 Å². The van der Waals surface area contributed by atoms with Gasteiger partial charge in [-0.2, -0.15) is 0 Å². The summed E-state index contributed by atoms with van der Waals surface area (Å²) in [5.41, 5.74) is 0. The monoisotopic (exact) mass is 102 g/mol. The SMILES string of the molecule is CC[C@H](C)[C@H](C)O. The zero-order valence-electron chi connectivity index (χ0n) is 5.31. The fourth-order valence-electron chi connectivity index (χ4n) is 0.341. The van der Waals surface area contributed by atoms with Crippen molar-refractivity contribution in [1.82, 2.24) is 0 Å². The van der Waals surface area contributed by atoms with E-state index in [2.05, 4.69) is 6.92 Å². The van der Waals surface area contributed by atoms with Crippen molar-refractivity contribution in [2.24, 2.45) is 5.92 Å². The van der Waals surface area contributed by atoms with Gasteiger partial charge in [0.2, 0.25) is 0 Å². The Hall–Kier alpha value is -0.0400. The number of aliphatic hydroxyl groups excluding tert-OH is 1. The summed E-state index contributed by atoms with van der Waals surface area (Å²) in [6, 6.07) is 0. The van der Waals surface area contributed by atoms with Gasteiger partial charge in [-0.25, -0.2) is 0 Å². The lowest BCUT2D eigenvalue weighted by molar-refractivity contribution is 0.133. The molecule has 0 unspecified atom stereocenters. The van der Waals surface area contributed by atoms with Crippen molar-refractivity contribution >= 4 is 0 Å². The molecule has 1 nitrogen and oxygen atoms in total. The molecule has 7 heavy (non-hydrogen) atoms. The van der Waals surface area contributed by atoms with Crippen LogP contribution in [0.4, 0.5) is 0 Å². The number of aliphatic hydroxyl groups is 1. The Labute approximate surface area is 45.4 Å². The second-order valence-corrected chi connectivity index (χ2v) is 2.13. The summed E-state index contributed by atoms with van der Waals surface area (Å²) in [6.07, 6.45) is 0.933. The minimum absolute atomic E-state index is 0.134. The molecule has 2 atom stereocenters. The largest absolute Gasteiger partial charge is 0.393 e. The first-order chi connectivity index (χ1) is 3.18. The van der Waals surface area contributed by atoms with E-state index >= 15 is 0 Å². The summed E-state index contributed by atoms with van der Waals surface area (Å²) in [4.78, 5) is 0. The zero-order chi connectivity index (χ0) is 5.86. The van der Waals surface area contributed by atoms with Gasteiger partial charge in [0, 0.05) is 0 Å². The molecule has 1 heteroatoms. The average molecular weight is 102 g/mol. The first-order valence-electron chi connectivity index (χ1n) is 2.86. The topological polar surface area (TPSA) is 20.2 Å². The minimum atomic E-state index is -0.134. The van der Waals surface area contributed by atoms with E-state index in [-0.39, 0.29) is 6.10 Å². The van der Waals surface area contributed by atoms with Gasteiger partial charge in [0.1, 0.15) is 0 Å². The van der Waals surface area contributed by atoms with E-state index in [0.717, 1.165) is 6.42 Å². The van der Waals surface area contributed by atoms with Gasteiger partial charge in [-0.3, -0.25) is 0 Å². The van der Waals surface area contributed by atoms with E-state index in [0.29, 0.717) is 5.92 Å². The summed E-state index contributed by atoms with van der Waals surface area (Å²) in [5, 5.41) is 8.82. The van der Waals surface area contributed by atoms with Crippen LogP contribution in [0.15, 0.2) is 0 Å². The maximum Gasteiger partial charge on any atom is 0.0537 e. The fraction of sp³-hybridized carbons (Fsp3) is 1.00. The quantitative estimate of drug-likeness (QED) is 0.559. The standard InChI is InChI=1S/C6H14O/c1-4-5(2)6(3)7/h5-7H,4H2,1-3H3/t5-,6-/m0/s1. The highest BCUT2D eigenvalue weighted by molar-refractivity contribution is 4.54. The Morgan fingerprint density at radius 1 is 1.43 bits per heavy atom. The molecular formula is C6H14O. The third-order valence-electron chi connectivity index (χ3n) is 1.47. The van der Waals surface area contributed by atoms with Gasteiger partial charge in [0.25, 0.3) is 0 Å². The Morgan fingerprint density at radius 3 is 1.86 bits per heavy atom. The van der Waals surface area contributed by atoms with Gasteiger partial charge >= 0.3 is 0 Å². The number of rotatable bonds is 2. The molecular weight excluding hydrogens is 88.1 g/mol. The van der Waals surface area contributed by atoms with Crippen molar-refractivity contribution in [2.75, 3.05) is 0 Å². The molecule has 0 aromatic heterocycles. The van der Waals surface area contributed by atoms with Gasteiger partial charge < -0.3 is 5.11 Å². The molecule has 0 fully saturated rings. The van der Waals surface area contributed by atoms with Crippen LogP contribution in [0, 0.1) is 5.92 Å². The van der Waals surface area contributed by atoms with E-state index < -0.39 is 0 Å². The molecule has 0 aromatic rings. The summed E-state index contributed by atoms with van der Waals surface area (Å²) in [5.74, 6) is 0.458. The molecule has 0 heterocycles. The van der Waals surface area contributed by atoms with Crippen LogP contribution in [0.1, 0.15) is 27.2 Å².